The molecule has 0 radical (unpaired) electrons. The number of hydrogen-bond acceptors (Lipinski definition) is 2. The average Bonchev–Trinajstić information content (AvgIpc) is 3.14. The lowest BCUT2D eigenvalue weighted by atomic mass is 9.94. The molecule has 0 bridgehead atoms. The molecule has 0 aromatic heterocycles. The molecule has 1 aliphatic carbocycles. The number of halogens is 1. The van der Waals surface area contributed by atoms with Crippen LogP contribution in [0.15, 0.2) is 36.4 Å². The highest BCUT2D eigenvalue weighted by Gasteiger charge is 2.24. The molecule has 2 aromatic carbocycles. The first-order chi connectivity index (χ1) is 11.7. The summed E-state index contributed by atoms with van der Waals surface area (Å²) in [5.41, 5.74) is 3.40. The fourth-order valence-electron chi connectivity index (χ4n) is 3.44. The Kier molecular flexibility index (Phi) is 5.47. The summed E-state index contributed by atoms with van der Waals surface area (Å²) in [4.78, 5) is 0. The summed E-state index contributed by atoms with van der Waals surface area (Å²) in [5, 5.41) is 0.747. The quantitative estimate of drug-likeness (QED) is 0.603. The molecule has 2 aromatic rings. The maximum absolute atomic E-state index is 5.93. The SMILES string of the molecule is COc1cc(C=Cc2ccc(Cl)cc2)cc(OC)c1C1CCCC1. The summed E-state index contributed by atoms with van der Waals surface area (Å²) in [5.74, 6) is 2.40. The Bertz CT molecular complexity index is 688. The van der Waals surface area contributed by atoms with E-state index in [4.69, 9.17) is 21.1 Å². The van der Waals surface area contributed by atoms with Crippen LogP contribution in [0, 0.1) is 0 Å². The van der Waals surface area contributed by atoms with Crippen LogP contribution >= 0.6 is 11.6 Å². The molecule has 1 fully saturated rings. The number of methoxy groups -OCH3 is 2. The third kappa shape index (κ3) is 3.76. The zero-order valence-corrected chi connectivity index (χ0v) is 15.0. The minimum absolute atomic E-state index is 0.546. The molecule has 0 N–H and O–H groups in total. The van der Waals surface area contributed by atoms with Crippen LogP contribution in [0.5, 0.6) is 11.5 Å². The molecule has 0 unspecified atom stereocenters. The van der Waals surface area contributed by atoms with Gasteiger partial charge in [0.15, 0.2) is 0 Å². The van der Waals surface area contributed by atoms with E-state index in [1.54, 1.807) is 14.2 Å². The van der Waals surface area contributed by atoms with Crippen molar-refractivity contribution in [2.24, 2.45) is 0 Å². The van der Waals surface area contributed by atoms with Crippen molar-refractivity contribution in [3.63, 3.8) is 0 Å². The predicted molar refractivity (Wildman–Crippen MR) is 101 cm³/mol. The predicted octanol–water partition coefficient (Wildman–Crippen LogP) is 6.19. The second-order valence-corrected chi connectivity index (χ2v) is 6.64. The van der Waals surface area contributed by atoms with E-state index in [1.165, 1.54) is 31.2 Å². The van der Waals surface area contributed by atoms with Crippen molar-refractivity contribution in [2.45, 2.75) is 31.6 Å². The first kappa shape index (κ1) is 16.9. The molecule has 0 amide bonds. The molecule has 0 aliphatic heterocycles. The van der Waals surface area contributed by atoms with Gasteiger partial charge in [-0.1, -0.05) is 48.7 Å². The standard InChI is InChI=1S/C21H23ClO2/c1-23-19-13-16(8-7-15-9-11-18(22)12-10-15)14-20(24-2)21(19)17-5-3-4-6-17/h7-14,17H,3-6H2,1-2H3. The van der Waals surface area contributed by atoms with Gasteiger partial charge in [0, 0.05) is 10.6 Å². The van der Waals surface area contributed by atoms with Gasteiger partial charge in [-0.3, -0.25) is 0 Å². The van der Waals surface area contributed by atoms with E-state index in [0.717, 1.165) is 27.6 Å². The Morgan fingerprint density at radius 3 is 1.96 bits per heavy atom. The summed E-state index contributed by atoms with van der Waals surface area (Å²) < 4.78 is 11.4. The zero-order chi connectivity index (χ0) is 16.9. The summed E-state index contributed by atoms with van der Waals surface area (Å²) in [6.07, 6.45) is 9.15. The van der Waals surface area contributed by atoms with E-state index < -0.39 is 0 Å². The molecular weight excluding hydrogens is 320 g/mol. The van der Waals surface area contributed by atoms with Crippen molar-refractivity contribution in [3.05, 3.63) is 58.1 Å². The molecule has 1 saturated carbocycles. The van der Waals surface area contributed by atoms with Crippen molar-refractivity contribution < 1.29 is 9.47 Å². The minimum Gasteiger partial charge on any atom is -0.496 e. The lowest BCUT2D eigenvalue weighted by Gasteiger charge is -2.19. The normalized spacial score (nSPS) is 15.1. The topological polar surface area (TPSA) is 18.5 Å². The van der Waals surface area contributed by atoms with Crippen LogP contribution in [-0.2, 0) is 0 Å². The first-order valence-corrected chi connectivity index (χ1v) is 8.78. The Hall–Kier alpha value is -1.93. The second kappa shape index (κ2) is 7.76. The number of benzene rings is 2. The van der Waals surface area contributed by atoms with Gasteiger partial charge in [0.05, 0.1) is 14.2 Å². The van der Waals surface area contributed by atoms with Gasteiger partial charge in [0.25, 0.3) is 0 Å². The minimum atomic E-state index is 0.546. The molecule has 3 heteroatoms. The Morgan fingerprint density at radius 2 is 1.42 bits per heavy atom. The zero-order valence-electron chi connectivity index (χ0n) is 14.2. The Balaban J connectivity index is 1.92. The highest BCUT2D eigenvalue weighted by atomic mass is 35.5. The Morgan fingerprint density at radius 1 is 0.875 bits per heavy atom. The molecule has 24 heavy (non-hydrogen) atoms. The van der Waals surface area contributed by atoms with Crippen molar-refractivity contribution in [1.29, 1.82) is 0 Å². The van der Waals surface area contributed by atoms with E-state index in [9.17, 15) is 0 Å². The third-order valence-electron chi connectivity index (χ3n) is 4.67. The average molecular weight is 343 g/mol. The highest BCUT2D eigenvalue weighted by Crippen LogP contribution is 2.44. The summed E-state index contributed by atoms with van der Waals surface area (Å²) in [6.45, 7) is 0. The number of hydrogen-bond donors (Lipinski definition) is 0. The summed E-state index contributed by atoms with van der Waals surface area (Å²) in [6, 6.07) is 12.0. The molecule has 0 spiro atoms. The van der Waals surface area contributed by atoms with Crippen molar-refractivity contribution in [1.82, 2.24) is 0 Å². The van der Waals surface area contributed by atoms with E-state index in [0.29, 0.717) is 5.92 Å². The van der Waals surface area contributed by atoms with Gasteiger partial charge in [0.2, 0.25) is 0 Å². The molecule has 0 heterocycles. The van der Waals surface area contributed by atoms with Gasteiger partial charge >= 0.3 is 0 Å². The summed E-state index contributed by atoms with van der Waals surface area (Å²) in [7, 11) is 3.47. The van der Waals surface area contributed by atoms with Crippen LogP contribution in [0.4, 0.5) is 0 Å². The lowest BCUT2D eigenvalue weighted by Crippen LogP contribution is -2.01. The number of rotatable bonds is 5. The molecule has 2 nitrogen and oxygen atoms in total. The molecule has 0 atom stereocenters. The van der Waals surface area contributed by atoms with Crippen molar-refractivity contribution in [2.75, 3.05) is 14.2 Å². The van der Waals surface area contributed by atoms with Gasteiger partial charge in [-0.25, -0.2) is 0 Å². The van der Waals surface area contributed by atoms with Gasteiger partial charge < -0.3 is 9.47 Å². The molecule has 0 saturated heterocycles. The van der Waals surface area contributed by atoms with Gasteiger partial charge in [-0.05, 0) is 54.2 Å². The van der Waals surface area contributed by atoms with Gasteiger partial charge in [0.1, 0.15) is 11.5 Å². The van der Waals surface area contributed by atoms with Gasteiger partial charge in [-0.15, -0.1) is 0 Å². The van der Waals surface area contributed by atoms with Crippen molar-refractivity contribution >= 4 is 23.8 Å². The third-order valence-corrected chi connectivity index (χ3v) is 4.92. The highest BCUT2D eigenvalue weighted by molar-refractivity contribution is 6.30. The maximum Gasteiger partial charge on any atom is 0.126 e. The van der Waals surface area contributed by atoms with Crippen LogP contribution in [0.2, 0.25) is 5.02 Å². The summed E-state index contributed by atoms with van der Waals surface area (Å²) >= 11 is 5.93. The van der Waals surface area contributed by atoms with Crippen LogP contribution in [0.1, 0.15) is 48.3 Å². The molecule has 3 rings (SSSR count). The number of ether oxygens (including phenoxy) is 2. The van der Waals surface area contributed by atoms with Crippen molar-refractivity contribution in [3.8, 4) is 11.5 Å². The van der Waals surface area contributed by atoms with Crippen LogP contribution in [0.3, 0.4) is 0 Å². The first-order valence-electron chi connectivity index (χ1n) is 8.41. The monoisotopic (exact) mass is 342 g/mol. The molecule has 1 aliphatic rings. The largest absolute Gasteiger partial charge is 0.496 e. The van der Waals surface area contributed by atoms with E-state index in [1.807, 2.05) is 24.3 Å². The van der Waals surface area contributed by atoms with E-state index in [2.05, 4.69) is 24.3 Å². The Labute approximate surface area is 149 Å². The van der Waals surface area contributed by atoms with Gasteiger partial charge in [-0.2, -0.15) is 0 Å². The second-order valence-electron chi connectivity index (χ2n) is 6.21. The molecular formula is C21H23ClO2. The molecule has 126 valence electrons. The van der Waals surface area contributed by atoms with E-state index in [-0.39, 0.29) is 0 Å². The fraction of sp³-hybridized carbons (Fsp3) is 0.333. The fourth-order valence-corrected chi connectivity index (χ4v) is 3.56. The lowest BCUT2D eigenvalue weighted by molar-refractivity contribution is 0.378. The maximum atomic E-state index is 5.93. The van der Waals surface area contributed by atoms with Crippen LogP contribution in [0.25, 0.3) is 12.2 Å². The van der Waals surface area contributed by atoms with Crippen LogP contribution < -0.4 is 9.47 Å². The smallest absolute Gasteiger partial charge is 0.126 e. The van der Waals surface area contributed by atoms with Crippen LogP contribution in [-0.4, -0.2) is 14.2 Å². The van der Waals surface area contributed by atoms with E-state index >= 15 is 0 Å².